The number of nitrogens with zero attached hydrogens (tertiary/aromatic N) is 5. The summed E-state index contributed by atoms with van der Waals surface area (Å²) < 4.78 is 7.13. The molecule has 0 amide bonds. The fraction of sp³-hybridized carbons (Fsp3) is 0.545. The van der Waals surface area contributed by atoms with Crippen molar-refractivity contribution in [3.8, 4) is 5.75 Å². The molecular formula is C22H35IN6O. The number of aliphatic imine (C=N–C) groups is 1. The third kappa shape index (κ3) is 6.10. The fourth-order valence-electron chi connectivity index (χ4n) is 3.88. The minimum Gasteiger partial charge on any atom is -0.497 e. The van der Waals surface area contributed by atoms with Gasteiger partial charge in [0.2, 0.25) is 0 Å². The van der Waals surface area contributed by atoms with E-state index in [4.69, 9.17) is 9.73 Å². The molecule has 1 aliphatic rings. The van der Waals surface area contributed by atoms with Crippen LogP contribution in [0.1, 0.15) is 36.4 Å². The number of benzene rings is 1. The second-order valence-corrected chi connectivity index (χ2v) is 7.83. The average molecular weight is 526 g/mol. The number of likely N-dealkylation sites (tertiary alicyclic amines) is 1. The van der Waals surface area contributed by atoms with Gasteiger partial charge in [-0.15, -0.1) is 24.0 Å². The van der Waals surface area contributed by atoms with E-state index < -0.39 is 0 Å². The number of ether oxygens (including phenoxy) is 1. The molecule has 0 aliphatic carbocycles. The first kappa shape index (κ1) is 24.5. The molecule has 1 aromatic carbocycles. The summed E-state index contributed by atoms with van der Waals surface area (Å²) in [5.74, 6) is 2.43. The summed E-state index contributed by atoms with van der Waals surface area (Å²) in [6, 6.07) is 8.67. The quantitative estimate of drug-likeness (QED) is 0.342. The highest BCUT2D eigenvalue weighted by molar-refractivity contribution is 14.0. The van der Waals surface area contributed by atoms with Gasteiger partial charge >= 0.3 is 0 Å². The van der Waals surface area contributed by atoms with Gasteiger partial charge < -0.3 is 19.9 Å². The Balaban J connectivity index is 0.00000320. The largest absolute Gasteiger partial charge is 0.497 e. The lowest BCUT2D eigenvalue weighted by Crippen LogP contribution is -2.40. The van der Waals surface area contributed by atoms with E-state index in [9.17, 15) is 0 Å². The van der Waals surface area contributed by atoms with Crippen molar-refractivity contribution >= 4 is 29.9 Å². The number of aromatic nitrogens is 2. The van der Waals surface area contributed by atoms with Crippen LogP contribution in [0.2, 0.25) is 0 Å². The standard InChI is InChI=1S/C22H34N6O.HI/c1-6-23-22(24-14-21(26(2)3)19-13-25-27(4)15-19)28-12-11-18(16-28)17-7-9-20(29-5)10-8-17;/h7-10,13,15,18,21H,6,11-12,14,16H2,1-5H3,(H,23,24);1H. The van der Waals surface area contributed by atoms with Crippen molar-refractivity contribution in [2.24, 2.45) is 12.0 Å². The van der Waals surface area contributed by atoms with E-state index in [1.807, 2.05) is 30.1 Å². The van der Waals surface area contributed by atoms with Gasteiger partial charge in [0.15, 0.2) is 5.96 Å². The first-order chi connectivity index (χ1) is 14.0. The number of methoxy groups -OCH3 is 1. The first-order valence-electron chi connectivity index (χ1n) is 10.3. The number of guanidine groups is 1. The Hall–Kier alpha value is -1.81. The Bertz CT molecular complexity index is 804. The number of halogens is 1. The maximum absolute atomic E-state index is 5.29. The van der Waals surface area contributed by atoms with Crippen LogP contribution in [0.15, 0.2) is 41.7 Å². The van der Waals surface area contributed by atoms with Crippen molar-refractivity contribution in [1.29, 1.82) is 0 Å². The molecule has 2 unspecified atom stereocenters. The third-order valence-corrected chi connectivity index (χ3v) is 5.56. The topological polar surface area (TPSA) is 57.9 Å². The lowest BCUT2D eigenvalue weighted by atomic mass is 9.98. The van der Waals surface area contributed by atoms with E-state index >= 15 is 0 Å². The maximum Gasteiger partial charge on any atom is 0.194 e. The van der Waals surface area contributed by atoms with E-state index in [0.717, 1.165) is 37.8 Å². The summed E-state index contributed by atoms with van der Waals surface area (Å²) in [5, 5.41) is 7.81. The molecule has 1 saturated heterocycles. The minimum atomic E-state index is 0. The molecule has 0 bridgehead atoms. The van der Waals surface area contributed by atoms with Crippen molar-refractivity contribution in [2.45, 2.75) is 25.3 Å². The lowest BCUT2D eigenvalue weighted by molar-refractivity contribution is 0.305. The number of nitrogens with one attached hydrogen (secondary N) is 1. The molecule has 2 atom stereocenters. The van der Waals surface area contributed by atoms with Crippen LogP contribution in [-0.4, -0.2) is 72.9 Å². The van der Waals surface area contributed by atoms with E-state index in [-0.39, 0.29) is 30.0 Å². The van der Waals surface area contributed by atoms with Gasteiger partial charge in [-0.25, -0.2) is 0 Å². The Labute approximate surface area is 197 Å². The van der Waals surface area contributed by atoms with Crippen molar-refractivity contribution in [1.82, 2.24) is 24.9 Å². The summed E-state index contributed by atoms with van der Waals surface area (Å²) >= 11 is 0. The van der Waals surface area contributed by atoms with Gasteiger partial charge in [-0.05, 0) is 45.1 Å². The van der Waals surface area contributed by atoms with Gasteiger partial charge in [0.05, 0.1) is 25.9 Å². The number of aryl methyl sites for hydroxylation is 1. The summed E-state index contributed by atoms with van der Waals surface area (Å²) in [6.45, 7) is 5.68. The van der Waals surface area contributed by atoms with Crippen LogP contribution in [0, 0.1) is 0 Å². The van der Waals surface area contributed by atoms with E-state index in [1.165, 1.54) is 11.1 Å². The van der Waals surface area contributed by atoms with Crippen LogP contribution in [0.4, 0.5) is 0 Å². The zero-order valence-corrected chi connectivity index (χ0v) is 21.0. The van der Waals surface area contributed by atoms with Crippen molar-refractivity contribution in [2.75, 3.05) is 47.4 Å². The van der Waals surface area contributed by atoms with Crippen molar-refractivity contribution < 1.29 is 4.74 Å². The molecule has 2 heterocycles. The fourth-order valence-corrected chi connectivity index (χ4v) is 3.88. The predicted molar refractivity (Wildman–Crippen MR) is 133 cm³/mol. The second kappa shape index (κ2) is 11.5. The molecule has 1 aliphatic heterocycles. The summed E-state index contributed by atoms with van der Waals surface area (Å²) in [6.07, 6.45) is 5.14. The number of likely N-dealkylation sites (N-methyl/N-ethyl adjacent to an activating group) is 1. The molecule has 166 valence electrons. The molecule has 1 aromatic heterocycles. The number of hydrogen-bond donors (Lipinski definition) is 1. The molecular weight excluding hydrogens is 491 g/mol. The highest BCUT2D eigenvalue weighted by atomic mass is 127. The van der Waals surface area contributed by atoms with Crippen molar-refractivity contribution in [3.05, 3.63) is 47.8 Å². The normalized spacial score (nSPS) is 17.7. The zero-order chi connectivity index (χ0) is 20.8. The highest BCUT2D eigenvalue weighted by Crippen LogP contribution is 2.28. The van der Waals surface area contributed by atoms with Gasteiger partial charge in [-0.3, -0.25) is 9.67 Å². The molecule has 0 radical (unpaired) electrons. The molecule has 30 heavy (non-hydrogen) atoms. The molecule has 8 heteroatoms. The second-order valence-electron chi connectivity index (χ2n) is 7.83. The van der Waals surface area contributed by atoms with Crippen LogP contribution in [0.3, 0.4) is 0 Å². The summed E-state index contributed by atoms with van der Waals surface area (Å²) in [4.78, 5) is 9.58. The van der Waals surface area contributed by atoms with E-state index in [2.05, 4.69) is 59.6 Å². The van der Waals surface area contributed by atoms with E-state index in [1.54, 1.807) is 7.11 Å². The average Bonchev–Trinajstić information content (AvgIpc) is 3.37. The van der Waals surface area contributed by atoms with Gasteiger partial charge in [0.25, 0.3) is 0 Å². The Morgan fingerprint density at radius 1 is 1.33 bits per heavy atom. The van der Waals surface area contributed by atoms with Crippen molar-refractivity contribution in [3.63, 3.8) is 0 Å². The van der Waals surface area contributed by atoms with Gasteiger partial charge in [0, 0.05) is 44.4 Å². The monoisotopic (exact) mass is 526 g/mol. The maximum atomic E-state index is 5.29. The molecule has 1 N–H and O–H groups in total. The van der Waals surface area contributed by atoms with Crippen LogP contribution < -0.4 is 10.1 Å². The number of hydrogen-bond acceptors (Lipinski definition) is 4. The van der Waals surface area contributed by atoms with Gasteiger partial charge in [-0.1, -0.05) is 12.1 Å². The van der Waals surface area contributed by atoms with Crippen LogP contribution in [0.5, 0.6) is 5.75 Å². The molecule has 2 aromatic rings. The van der Waals surface area contributed by atoms with Gasteiger partial charge in [-0.2, -0.15) is 5.10 Å². The van der Waals surface area contributed by atoms with Crippen LogP contribution in [0.25, 0.3) is 0 Å². The molecule has 7 nitrogen and oxygen atoms in total. The summed E-state index contributed by atoms with van der Waals surface area (Å²) in [7, 11) is 7.84. The smallest absolute Gasteiger partial charge is 0.194 e. The summed E-state index contributed by atoms with van der Waals surface area (Å²) in [5.41, 5.74) is 2.56. The first-order valence-corrected chi connectivity index (χ1v) is 10.3. The molecule has 1 fully saturated rings. The van der Waals surface area contributed by atoms with Gasteiger partial charge in [0.1, 0.15) is 5.75 Å². The Kier molecular flexibility index (Phi) is 9.41. The third-order valence-electron chi connectivity index (χ3n) is 5.56. The highest BCUT2D eigenvalue weighted by Gasteiger charge is 2.26. The Morgan fingerprint density at radius 2 is 2.07 bits per heavy atom. The Morgan fingerprint density at radius 3 is 2.63 bits per heavy atom. The molecule has 3 rings (SSSR count). The minimum absolute atomic E-state index is 0. The van der Waals surface area contributed by atoms with Crippen LogP contribution >= 0.6 is 24.0 Å². The SMILES string of the molecule is CCNC(=NCC(c1cnn(C)c1)N(C)C)N1CCC(c2ccc(OC)cc2)C1.I. The molecule has 0 saturated carbocycles. The zero-order valence-electron chi connectivity index (χ0n) is 18.7. The lowest BCUT2D eigenvalue weighted by Gasteiger charge is -2.25. The van der Waals surface area contributed by atoms with E-state index in [0.29, 0.717) is 12.5 Å². The predicted octanol–water partition coefficient (Wildman–Crippen LogP) is 3.10. The molecule has 0 spiro atoms. The number of rotatable bonds is 7. The van der Waals surface area contributed by atoms with Crippen LogP contribution in [-0.2, 0) is 7.05 Å².